The fraction of sp³-hybridized carbons (Fsp3) is 0.217. The fourth-order valence-electron chi connectivity index (χ4n) is 4.06. The van der Waals surface area contributed by atoms with Gasteiger partial charge in [-0.1, -0.05) is 42.5 Å². The van der Waals surface area contributed by atoms with Crippen molar-refractivity contribution in [2.45, 2.75) is 6.10 Å². The van der Waals surface area contributed by atoms with Crippen LogP contribution >= 0.6 is 0 Å². The SMILES string of the molecule is Cn1nnnc1C1CN(C(=O)c2cccc3c(-c4ccc(O)cc4)cccc23)CCO1. The highest BCUT2D eigenvalue weighted by Crippen LogP contribution is 2.32. The van der Waals surface area contributed by atoms with Gasteiger partial charge in [0.05, 0.1) is 13.2 Å². The van der Waals surface area contributed by atoms with Gasteiger partial charge in [0, 0.05) is 19.2 Å². The number of phenols is 1. The number of carbonyl (C=O) groups excluding carboxylic acids is 1. The third-order valence-electron chi connectivity index (χ3n) is 5.63. The van der Waals surface area contributed by atoms with E-state index in [4.69, 9.17) is 4.74 Å². The molecule has 0 radical (unpaired) electrons. The zero-order chi connectivity index (χ0) is 21.4. The lowest BCUT2D eigenvalue weighted by molar-refractivity contribution is -0.0283. The first kappa shape index (κ1) is 19.2. The number of carbonyl (C=O) groups is 1. The molecule has 3 aromatic carbocycles. The van der Waals surface area contributed by atoms with Crippen LogP contribution in [0, 0.1) is 0 Å². The molecular formula is C23H21N5O3. The maximum Gasteiger partial charge on any atom is 0.254 e. The summed E-state index contributed by atoms with van der Waals surface area (Å²) < 4.78 is 7.39. The number of aromatic nitrogens is 4. The number of nitrogens with zero attached hydrogens (tertiary/aromatic N) is 5. The van der Waals surface area contributed by atoms with Crippen molar-refractivity contribution < 1.29 is 14.6 Å². The summed E-state index contributed by atoms with van der Waals surface area (Å²) in [6, 6.07) is 18.8. The van der Waals surface area contributed by atoms with E-state index < -0.39 is 0 Å². The molecule has 5 rings (SSSR count). The summed E-state index contributed by atoms with van der Waals surface area (Å²) in [7, 11) is 1.76. The van der Waals surface area contributed by atoms with E-state index in [0.29, 0.717) is 31.1 Å². The minimum atomic E-state index is -0.361. The Morgan fingerprint density at radius 1 is 1.06 bits per heavy atom. The molecule has 31 heavy (non-hydrogen) atoms. The molecule has 8 heteroatoms. The van der Waals surface area contributed by atoms with E-state index in [1.54, 1.807) is 28.8 Å². The van der Waals surface area contributed by atoms with Gasteiger partial charge in [-0.2, -0.15) is 0 Å². The van der Waals surface area contributed by atoms with Crippen LogP contribution in [0.2, 0.25) is 0 Å². The number of aryl methyl sites for hydroxylation is 1. The standard InChI is InChI=1S/C23H21N5O3/c1-27-22(24-25-26-27)21-14-28(12-13-31-21)23(30)20-7-3-5-18-17(4-2-6-19(18)20)15-8-10-16(29)11-9-15/h2-11,21,29H,12-14H2,1H3. The van der Waals surface area contributed by atoms with Gasteiger partial charge in [0.2, 0.25) is 0 Å². The zero-order valence-electron chi connectivity index (χ0n) is 17.0. The number of ether oxygens (including phenoxy) is 1. The van der Waals surface area contributed by atoms with Gasteiger partial charge in [-0.15, -0.1) is 5.10 Å². The number of rotatable bonds is 3. The number of morpholine rings is 1. The van der Waals surface area contributed by atoms with E-state index >= 15 is 0 Å². The molecule has 1 aromatic heterocycles. The van der Waals surface area contributed by atoms with Gasteiger partial charge < -0.3 is 14.7 Å². The summed E-state index contributed by atoms with van der Waals surface area (Å²) in [5.41, 5.74) is 2.64. The molecule has 0 bridgehead atoms. The van der Waals surface area contributed by atoms with E-state index in [2.05, 4.69) is 15.5 Å². The second kappa shape index (κ2) is 7.81. The van der Waals surface area contributed by atoms with E-state index in [9.17, 15) is 9.90 Å². The van der Waals surface area contributed by atoms with Gasteiger partial charge in [-0.3, -0.25) is 4.79 Å². The number of fused-ring (bicyclic) bond motifs is 1. The molecule has 8 nitrogen and oxygen atoms in total. The van der Waals surface area contributed by atoms with Crippen LogP contribution in [0.1, 0.15) is 22.3 Å². The van der Waals surface area contributed by atoms with Crippen molar-refractivity contribution in [3.05, 3.63) is 72.1 Å². The van der Waals surface area contributed by atoms with E-state index in [0.717, 1.165) is 21.9 Å². The van der Waals surface area contributed by atoms with Crippen molar-refractivity contribution in [2.24, 2.45) is 7.05 Å². The minimum Gasteiger partial charge on any atom is -0.508 e. The number of aromatic hydroxyl groups is 1. The van der Waals surface area contributed by atoms with Crippen molar-refractivity contribution in [2.75, 3.05) is 19.7 Å². The van der Waals surface area contributed by atoms with Crippen molar-refractivity contribution in [3.8, 4) is 16.9 Å². The lowest BCUT2D eigenvalue weighted by atomic mass is 9.95. The lowest BCUT2D eigenvalue weighted by Crippen LogP contribution is -2.43. The Balaban J connectivity index is 1.50. The van der Waals surface area contributed by atoms with Gasteiger partial charge in [-0.25, -0.2) is 4.68 Å². The molecule has 1 N–H and O–H groups in total. The largest absolute Gasteiger partial charge is 0.508 e. The second-order valence-corrected chi connectivity index (χ2v) is 7.52. The smallest absolute Gasteiger partial charge is 0.254 e. The van der Waals surface area contributed by atoms with Crippen LogP contribution in [0.4, 0.5) is 0 Å². The van der Waals surface area contributed by atoms with Crippen LogP contribution in [-0.4, -0.2) is 55.8 Å². The molecule has 4 aromatic rings. The first-order valence-corrected chi connectivity index (χ1v) is 10.1. The average Bonchev–Trinajstić information content (AvgIpc) is 3.24. The van der Waals surface area contributed by atoms with Crippen molar-refractivity contribution in [1.29, 1.82) is 0 Å². The summed E-state index contributed by atoms with van der Waals surface area (Å²) in [6.07, 6.45) is -0.361. The number of phenolic OH excluding ortho intramolecular Hbond substituents is 1. The van der Waals surface area contributed by atoms with Gasteiger partial charge in [0.25, 0.3) is 5.91 Å². The number of benzene rings is 3. The maximum atomic E-state index is 13.5. The molecule has 1 unspecified atom stereocenters. The quantitative estimate of drug-likeness (QED) is 0.553. The number of amides is 1. The Kier molecular flexibility index (Phi) is 4.83. The average molecular weight is 415 g/mol. The highest BCUT2D eigenvalue weighted by molar-refractivity contribution is 6.10. The number of hydrogen-bond donors (Lipinski definition) is 1. The van der Waals surface area contributed by atoms with E-state index in [1.807, 2.05) is 48.5 Å². The summed E-state index contributed by atoms with van der Waals surface area (Å²) >= 11 is 0. The second-order valence-electron chi connectivity index (χ2n) is 7.52. The summed E-state index contributed by atoms with van der Waals surface area (Å²) in [4.78, 5) is 15.3. The van der Waals surface area contributed by atoms with E-state index in [-0.39, 0.29) is 17.8 Å². The van der Waals surface area contributed by atoms with Gasteiger partial charge >= 0.3 is 0 Å². The predicted molar refractivity (Wildman–Crippen MR) is 114 cm³/mol. The zero-order valence-corrected chi connectivity index (χ0v) is 17.0. The van der Waals surface area contributed by atoms with Crippen LogP contribution in [-0.2, 0) is 11.8 Å². The highest BCUT2D eigenvalue weighted by Gasteiger charge is 2.30. The highest BCUT2D eigenvalue weighted by atomic mass is 16.5. The monoisotopic (exact) mass is 415 g/mol. The van der Waals surface area contributed by atoms with Gasteiger partial charge in [-0.05, 0) is 50.5 Å². The van der Waals surface area contributed by atoms with Gasteiger partial charge in [0.15, 0.2) is 5.82 Å². The molecule has 1 aliphatic heterocycles. The maximum absolute atomic E-state index is 13.5. The van der Waals surface area contributed by atoms with Crippen molar-refractivity contribution >= 4 is 16.7 Å². The molecule has 1 fully saturated rings. The number of tetrazole rings is 1. The Morgan fingerprint density at radius 3 is 2.61 bits per heavy atom. The lowest BCUT2D eigenvalue weighted by Gasteiger charge is -2.32. The normalized spacial score (nSPS) is 16.5. The molecule has 1 amide bonds. The summed E-state index contributed by atoms with van der Waals surface area (Å²) in [6.45, 7) is 1.32. The molecule has 1 atom stereocenters. The van der Waals surface area contributed by atoms with Gasteiger partial charge in [0.1, 0.15) is 11.9 Å². The Labute approximate surface area is 178 Å². The van der Waals surface area contributed by atoms with Crippen LogP contribution < -0.4 is 0 Å². The Hall–Kier alpha value is -3.78. The molecular weight excluding hydrogens is 394 g/mol. The van der Waals surface area contributed by atoms with Crippen LogP contribution in [0.3, 0.4) is 0 Å². The first-order valence-electron chi connectivity index (χ1n) is 10.1. The Morgan fingerprint density at radius 2 is 1.84 bits per heavy atom. The summed E-state index contributed by atoms with van der Waals surface area (Å²) in [5.74, 6) is 0.779. The number of hydrogen-bond acceptors (Lipinski definition) is 6. The van der Waals surface area contributed by atoms with Crippen LogP contribution in [0.25, 0.3) is 21.9 Å². The predicted octanol–water partition coefficient (Wildman–Crippen LogP) is 2.95. The van der Waals surface area contributed by atoms with Crippen LogP contribution in [0.15, 0.2) is 60.7 Å². The fourth-order valence-corrected chi connectivity index (χ4v) is 4.06. The molecule has 156 valence electrons. The third kappa shape index (κ3) is 3.51. The molecule has 0 spiro atoms. The molecule has 0 aliphatic carbocycles. The first-order chi connectivity index (χ1) is 15.1. The summed E-state index contributed by atoms with van der Waals surface area (Å²) in [5, 5.41) is 23.1. The van der Waals surface area contributed by atoms with Crippen molar-refractivity contribution in [1.82, 2.24) is 25.1 Å². The van der Waals surface area contributed by atoms with Crippen molar-refractivity contribution in [3.63, 3.8) is 0 Å². The van der Waals surface area contributed by atoms with E-state index in [1.165, 1.54) is 0 Å². The third-order valence-corrected chi connectivity index (χ3v) is 5.63. The Bertz CT molecular complexity index is 1250. The van der Waals surface area contributed by atoms with Crippen LogP contribution in [0.5, 0.6) is 5.75 Å². The molecule has 2 heterocycles. The topological polar surface area (TPSA) is 93.4 Å². The molecule has 0 saturated carbocycles. The molecule has 1 aliphatic rings. The molecule has 1 saturated heterocycles. The minimum absolute atomic E-state index is 0.0446.